The number of fused-ring (bicyclic) bond motifs is 1. The highest BCUT2D eigenvalue weighted by Crippen LogP contribution is 2.38. The topological polar surface area (TPSA) is 80.8 Å². The normalized spacial score (nSPS) is 14.0. The van der Waals surface area contributed by atoms with E-state index in [1.165, 1.54) is 19.3 Å². The van der Waals surface area contributed by atoms with E-state index >= 15 is 0 Å². The zero-order chi connectivity index (χ0) is 26.4. The van der Waals surface area contributed by atoms with Gasteiger partial charge in [0.2, 0.25) is 5.95 Å². The molecule has 0 atom stereocenters. The molecule has 0 saturated heterocycles. The largest absolute Gasteiger partial charge is 0.361 e. The minimum Gasteiger partial charge on any atom is -0.361 e. The maximum atomic E-state index is 14.1. The van der Waals surface area contributed by atoms with Gasteiger partial charge in [-0.15, -0.1) is 3.89 Å². The molecule has 4 aromatic rings. The molecule has 9 heteroatoms. The minimum atomic E-state index is 0.199. The average molecular weight is 525 g/mol. The summed E-state index contributed by atoms with van der Waals surface area (Å²) in [5, 5.41) is 11.3. The van der Waals surface area contributed by atoms with Crippen LogP contribution in [0.25, 0.3) is 33.3 Å². The van der Waals surface area contributed by atoms with Gasteiger partial charge in [-0.25, -0.2) is 9.97 Å². The third-order valence-corrected chi connectivity index (χ3v) is 7.20. The van der Waals surface area contributed by atoms with Crippen LogP contribution >= 0.6 is 12.3 Å². The Kier molecular flexibility index (Phi) is 9.21. The fourth-order valence-electron chi connectivity index (χ4n) is 5.09. The summed E-state index contributed by atoms with van der Waals surface area (Å²) in [6.07, 6.45) is 11.7. The van der Waals surface area contributed by atoms with Crippen molar-refractivity contribution in [3.8, 4) is 22.4 Å². The molecule has 2 N–H and O–H groups in total. The van der Waals surface area contributed by atoms with Crippen molar-refractivity contribution >= 4 is 29.2 Å². The number of hydrogen-bond donors (Lipinski definition) is 2. The number of aryl methyl sites for hydroxylation is 3. The molecule has 1 fully saturated rings. The first-order valence-electron chi connectivity index (χ1n) is 13.1. The third kappa shape index (κ3) is 5.99. The van der Waals surface area contributed by atoms with Crippen molar-refractivity contribution in [2.45, 2.75) is 71.8 Å². The van der Waals surface area contributed by atoms with Crippen LogP contribution in [0.15, 0.2) is 35.1 Å². The molecule has 3 heterocycles. The first-order chi connectivity index (χ1) is 18.0. The lowest BCUT2D eigenvalue weighted by Crippen LogP contribution is -2.23. The van der Waals surface area contributed by atoms with Gasteiger partial charge < -0.3 is 15.2 Å². The zero-order valence-electron chi connectivity index (χ0n) is 22.4. The van der Waals surface area contributed by atoms with Crippen LogP contribution in [-0.2, 0) is 6.42 Å². The van der Waals surface area contributed by atoms with Gasteiger partial charge in [-0.05, 0) is 64.4 Å². The van der Waals surface area contributed by atoms with Gasteiger partial charge in [0.15, 0.2) is 12.3 Å². The van der Waals surface area contributed by atoms with E-state index in [0.29, 0.717) is 12.0 Å². The van der Waals surface area contributed by atoms with E-state index in [1.807, 2.05) is 58.5 Å². The summed E-state index contributed by atoms with van der Waals surface area (Å²) in [6, 6.07) is 6.51. The average Bonchev–Trinajstić information content (AvgIpc) is 3.44. The lowest BCUT2D eigenvalue weighted by atomic mass is 9.96. The third-order valence-electron chi connectivity index (χ3n) is 6.75. The molecule has 7 nitrogen and oxygen atoms in total. The molecule has 1 saturated carbocycles. The molecule has 0 spiro atoms. The van der Waals surface area contributed by atoms with Crippen LogP contribution in [-0.4, -0.2) is 39.2 Å². The highest BCUT2D eigenvalue weighted by Gasteiger charge is 2.20. The number of aromatic nitrogens is 4. The standard InChI is InChI=1S/C26H30FN5OS.C2H7N/c1-4-8-19-14-28-26(29-20-9-6-5-7-10-20)30-25(19)22-15-32(34-27)23-13-18(11-12-21(22)23)24-16(2)31-33-17(24)3;1-3-2/h11-15,20H,4-10H2,1-3H3,(H,28,29,30);3H,1-2H3. The summed E-state index contributed by atoms with van der Waals surface area (Å²) in [5.74, 6) is 1.41. The predicted molar refractivity (Wildman–Crippen MR) is 152 cm³/mol. The van der Waals surface area contributed by atoms with Crippen molar-refractivity contribution < 1.29 is 8.41 Å². The quantitative estimate of drug-likeness (QED) is 0.263. The number of halogens is 1. The van der Waals surface area contributed by atoms with Gasteiger partial charge in [0.1, 0.15) is 5.76 Å². The van der Waals surface area contributed by atoms with E-state index in [1.54, 1.807) is 3.97 Å². The number of rotatable bonds is 7. The van der Waals surface area contributed by atoms with Crippen LogP contribution in [0, 0.1) is 13.8 Å². The molecule has 1 aromatic carbocycles. The van der Waals surface area contributed by atoms with E-state index in [9.17, 15) is 3.89 Å². The molecule has 0 bridgehead atoms. The highest BCUT2D eigenvalue weighted by molar-refractivity contribution is 7.92. The second-order valence-electron chi connectivity index (χ2n) is 9.67. The predicted octanol–water partition coefficient (Wildman–Crippen LogP) is 7.28. The zero-order valence-corrected chi connectivity index (χ0v) is 23.2. The Hall–Kier alpha value is -2.91. The Labute approximate surface area is 223 Å². The van der Waals surface area contributed by atoms with Crippen molar-refractivity contribution in [3.05, 3.63) is 47.6 Å². The van der Waals surface area contributed by atoms with Crippen molar-refractivity contribution in [1.29, 1.82) is 0 Å². The van der Waals surface area contributed by atoms with Gasteiger partial charge in [0.25, 0.3) is 0 Å². The molecule has 1 aliphatic rings. The molecule has 1 aliphatic carbocycles. The summed E-state index contributed by atoms with van der Waals surface area (Å²) in [4.78, 5) is 9.59. The monoisotopic (exact) mass is 524 g/mol. The summed E-state index contributed by atoms with van der Waals surface area (Å²) in [5.41, 5.74) is 6.40. The number of hydrogen-bond acceptors (Lipinski definition) is 7. The van der Waals surface area contributed by atoms with Gasteiger partial charge >= 0.3 is 0 Å². The van der Waals surface area contributed by atoms with Crippen LogP contribution in [0.4, 0.5) is 9.83 Å². The van der Waals surface area contributed by atoms with Crippen LogP contribution in [0.1, 0.15) is 62.5 Å². The fourth-order valence-corrected chi connectivity index (χ4v) is 5.46. The maximum absolute atomic E-state index is 14.1. The highest BCUT2D eigenvalue weighted by atomic mass is 32.2. The lowest BCUT2D eigenvalue weighted by molar-refractivity contribution is 0.393. The van der Waals surface area contributed by atoms with Crippen molar-refractivity contribution in [2.75, 3.05) is 19.4 Å². The van der Waals surface area contributed by atoms with Gasteiger partial charge in [-0.2, -0.15) is 0 Å². The Balaban J connectivity index is 0.00000102. The number of anilines is 1. The van der Waals surface area contributed by atoms with Crippen LogP contribution < -0.4 is 10.6 Å². The van der Waals surface area contributed by atoms with Crippen LogP contribution in [0.2, 0.25) is 0 Å². The van der Waals surface area contributed by atoms with E-state index in [-0.39, 0.29) is 12.3 Å². The molecule has 5 rings (SSSR count). The smallest absolute Gasteiger partial charge is 0.223 e. The molecule has 0 amide bonds. The minimum absolute atomic E-state index is 0.199. The molecule has 0 unspecified atom stereocenters. The molecular formula is C28H37FN6OS. The Morgan fingerprint density at radius 2 is 1.92 bits per heavy atom. The van der Waals surface area contributed by atoms with Crippen LogP contribution in [0.5, 0.6) is 0 Å². The van der Waals surface area contributed by atoms with E-state index in [2.05, 4.69) is 27.7 Å². The second kappa shape index (κ2) is 12.6. The SMILES string of the molecule is CCCc1cnc(NC2CCCCC2)nc1-c1cn(SF)c2cc(-c3c(C)noc3C)ccc12.CNC. The van der Waals surface area contributed by atoms with E-state index < -0.39 is 0 Å². The van der Waals surface area contributed by atoms with Crippen molar-refractivity contribution in [2.24, 2.45) is 0 Å². The number of benzene rings is 1. The van der Waals surface area contributed by atoms with Gasteiger partial charge in [0.05, 0.1) is 16.9 Å². The van der Waals surface area contributed by atoms with Gasteiger partial charge in [-0.1, -0.05) is 49.9 Å². The Morgan fingerprint density at radius 3 is 2.57 bits per heavy atom. The van der Waals surface area contributed by atoms with Crippen molar-refractivity contribution in [1.82, 2.24) is 24.4 Å². The summed E-state index contributed by atoms with van der Waals surface area (Å²) >= 11 is 0.199. The molecular weight excluding hydrogens is 487 g/mol. The maximum Gasteiger partial charge on any atom is 0.223 e. The lowest BCUT2D eigenvalue weighted by Gasteiger charge is -2.23. The summed E-state index contributed by atoms with van der Waals surface area (Å²) in [6.45, 7) is 5.96. The molecule has 198 valence electrons. The fraction of sp³-hybridized carbons (Fsp3) is 0.464. The van der Waals surface area contributed by atoms with Gasteiger partial charge in [-0.3, -0.25) is 3.97 Å². The molecule has 3 aromatic heterocycles. The van der Waals surface area contributed by atoms with Crippen LogP contribution in [0.3, 0.4) is 0 Å². The Morgan fingerprint density at radius 1 is 1.16 bits per heavy atom. The summed E-state index contributed by atoms with van der Waals surface area (Å²) in [7, 11) is 3.75. The first-order valence-corrected chi connectivity index (χ1v) is 13.8. The van der Waals surface area contributed by atoms with Gasteiger partial charge in [0, 0.05) is 34.9 Å². The first kappa shape index (κ1) is 27.1. The van der Waals surface area contributed by atoms with E-state index in [0.717, 1.165) is 76.0 Å². The number of nitrogens with one attached hydrogen (secondary N) is 2. The molecule has 0 radical (unpaired) electrons. The Bertz CT molecular complexity index is 1310. The molecule has 0 aliphatic heterocycles. The van der Waals surface area contributed by atoms with E-state index in [4.69, 9.17) is 9.51 Å². The summed E-state index contributed by atoms with van der Waals surface area (Å²) < 4.78 is 21.0. The molecule has 37 heavy (non-hydrogen) atoms. The second-order valence-corrected chi connectivity index (χ2v) is 10.2. The number of nitrogens with zero attached hydrogens (tertiary/aromatic N) is 4. The van der Waals surface area contributed by atoms with Crippen molar-refractivity contribution in [3.63, 3.8) is 0 Å².